The minimum Gasteiger partial charge on any atom is -0.306 e. The van der Waals surface area contributed by atoms with Crippen LogP contribution in [0.2, 0.25) is 0 Å². The minimum absolute atomic E-state index is 0.276. The number of amides is 4. The molecule has 0 aromatic heterocycles. The molecule has 0 aliphatic carbocycles. The Balaban J connectivity index is 1.55. The minimum atomic E-state index is -0.661. The first-order valence-electron chi connectivity index (χ1n) is 7.68. The molecule has 3 aromatic carbocycles. The van der Waals surface area contributed by atoms with Gasteiger partial charge < -0.3 is 5.32 Å². The van der Waals surface area contributed by atoms with E-state index in [1.54, 1.807) is 30.3 Å². The number of hydrazine groups is 1. The Kier molecular flexibility index (Phi) is 3.43. The third kappa shape index (κ3) is 2.49. The van der Waals surface area contributed by atoms with Crippen molar-refractivity contribution in [3.05, 3.63) is 77.9 Å². The highest BCUT2D eigenvalue weighted by Gasteiger charge is 2.36. The van der Waals surface area contributed by atoms with Crippen LogP contribution in [-0.4, -0.2) is 22.9 Å². The van der Waals surface area contributed by atoms with Gasteiger partial charge in [-0.1, -0.05) is 48.5 Å². The molecular formula is C19H13N3O3. The number of benzene rings is 3. The van der Waals surface area contributed by atoms with Crippen molar-refractivity contribution in [2.45, 2.75) is 0 Å². The van der Waals surface area contributed by atoms with Crippen LogP contribution < -0.4 is 10.7 Å². The summed E-state index contributed by atoms with van der Waals surface area (Å²) < 4.78 is 0. The zero-order valence-corrected chi connectivity index (χ0v) is 13.0. The van der Waals surface area contributed by atoms with Gasteiger partial charge in [0.05, 0.1) is 16.8 Å². The molecule has 3 aromatic rings. The fourth-order valence-electron chi connectivity index (χ4n) is 2.88. The average molecular weight is 331 g/mol. The Hall–Kier alpha value is -3.67. The molecule has 2 N–H and O–H groups in total. The predicted molar refractivity (Wildman–Crippen MR) is 93.0 cm³/mol. The fourth-order valence-corrected chi connectivity index (χ4v) is 2.88. The summed E-state index contributed by atoms with van der Waals surface area (Å²) in [7, 11) is 0. The normalized spacial score (nSPS) is 13.0. The van der Waals surface area contributed by atoms with Crippen LogP contribution >= 0.6 is 0 Å². The Labute approximate surface area is 143 Å². The van der Waals surface area contributed by atoms with Crippen LogP contribution in [0.15, 0.2) is 66.7 Å². The summed E-state index contributed by atoms with van der Waals surface area (Å²) in [5.41, 5.74) is 3.46. The first-order valence-corrected chi connectivity index (χ1v) is 7.68. The predicted octanol–water partition coefficient (Wildman–Crippen LogP) is 3.17. The zero-order chi connectivity index (χ0) is 17.4. The largest absolute Gasteiger partial charge is 0.338 e. The van der Waals surface area contributed by atoms with E-state index < -0.39 is 17.8 Å². The lowest BCUT2D eigenvalue weighted by Crippen LogP contribution is -2.47. The Morgan fingerprint density at radius 2 is 1.36 bits per heavy atom. The van der Waals surface area contributed by atoms with Gasteiger partial charge in [0, 0.05) is 5.39 Å². The van der Waals surface area contributed by atoms with Crippen LogP contribution in [0.25, 0.3) is 10.8 Å². The first-order chi connectivity index (χ1) is 12.1. The van der Waals surface area contributed by atoms with E-state index in [-0.39, 0.29) is 11.1 Å². The van der Waals surface area contributed by atoms with E-state index in [1.807, 2.05) is 36.4 Å². The van der Waals surface area contributed by atoms with E-state index in [9.17, 15) is 14.4 Å². The molecule has 0 spiro atoms. The molecule has 0 bridgehead atoms. The lowest BCUT2D eigenvalue weighted by Gasteiger charge is -2.16. The molecule has 6 heteroatoms. The maximum absolute atomic E-state index is 12.3. The van der Waals surface area contributed by atoms with Gasteiger partial charge in [-0.05, 0) is 23.6 Å². The summed E-state index contributed by atoms with van der Waals surface area (Å²) >= 11 is 0. The average Bonchev–Trinajstić information content (AvgIpc) is 2.87. The lowest BCUT2D eigenvalue weighted by atomic mass is 10.1. The van der Waals surface area contributed by atoms with Crippen LogP contribution in [0.4, 0.5) is 10.5 Å². The molecule has 1 aliphatic rings. The van der Waals surface area contributed by atoms with E-state index in [4.69, 9.17) is 0 Å². The van der Waals surface area contributed by atoms with Gasteiger partial charge in [0.1, 0.15) is 0 Å². The highest BCUT2D eigenvalue weighted by atomic mass is 16.2. The van der Waals surface area contributed by atoms with E-state index in [1.165, 1.54) is 0 Å². The van der Waals surface area contributed by atoms with Crippen molar-refractivity contribution in [2.75, 3.05) is 5.32 Å². The molecule has 0 saturated heterocycles. The number of fused-ring (bicyclic) bond motifs is 2. The van der Waals surface area contributed by atoms with E-state index in [0.29, 0.717) is 5.69 Å². The topological polar surface area (TPSA) is 78.5 Å². The van der Waals surface area contributed by atoms with Gasteiger partial charge in [0.25, 0.3) is 11.8 Å². The molecular weight excluding hydrogens is 318 g/mol. The van der Waals surface area contributed by atoms with Crippen molar-refractivity contribution in [2.24, 2.45) is 0 Å². The second-order valence-electron chi connectivity index (χ2n) is 5.58. The molecule has 6 nitrogen and oxygen atoms in total. The standard InChI is InChI=1S/C19H13N3O3/c23-17-14-9-3-4-10-15(14)18(24)22(17)21-19(25)20-16-11-5-7-12-6-1-2-8-13(12)16/h1-11H,(H2,20,21,25). The number of anilines is 1. The summed E-state index contributed by atoms with van der Waals surface area (Å²) in [6.45, 7) is 0. The molecule has 0 atom stereocenters. The number of hydrogen-bond donors (Lipinski definition) is 2. The molecule has 0 fully saturated rings. The fraction of sp³-hybridized carbons (Fsp3) is 0. The van der Waals surface area contributed by atoms with Crippen molar-refractivity contribution in [1.82, 2.24) is 10.4 Å². The Morgan fingerprint density at radius 3 is 2.08 bits per heavy atom. The molecule has 122 valence electrons. The van der Waals surface area contributed by atoms with Crippen LogP contribution in [0.5, 0.6) is 0 Å². The molecule has 4 amide bonds. The second-order valence-corrected chi connectivity index (χ2v) is 5.58. The second kappa shape index (κ2) is 5.76. The van der Waals surface area contributed by atoms with Crippen molar-refractivity contribution < 1.29 is 14.4 Å². The summed E-state index contributed by atoms with van der Waals surface area (Å²) in [5.74, 6) is -1.10. The summed E-state index contributed by atoms with van der Waals surface area (Å²) in [6, 6.07) is 18.9. The van der Waals surface area contributed by atoms with Gasteiger partial charge in [-0.25, -0.2) is 10.2 Å². The maximum Gasteiger partial charge on any atom is 0.338 e. The number of rotatable bonds is 2. The van der Waals surface area contributed by atoms with Gasteiger partial charge in [-0.2, -0.15) is 5.01 Å². The van der Waals surface area contributed by atoms with E-state index in [2.05, 4.69) is 10.7 Å². The number of urea groups is 1. The van der Waals surface area contributed by atoms with Gasteiger partial charge in [-0.3, -0.25) is 9.59 Å². The first kappa shape index (κ1) is 14.9. The van der Waals surface area contributed by atoms with Gasteiger partial charge >= 0.3 is 6.03 Å². The Morgan fingerprint density at radius 1 is 0.760 bits per heavy atom. The Bertz CT molecular complexity index is 989. The van der Waals surface area contributed by atoms with Crippen LogP contribution in [0.1, 0.15) is 20.7 Å². The van der Waals surface area contributed by atoms with Crippen molar-refractivity contribution in [3.8, 4) is 0 Å². The quantitative estimate of drug-likeness (QED) is 0.708. The number of nitrogens with one attached hydrogen (secondary N) is 2. The third-order valence-electron chi connectivity index (χ3n) is 4.05. The summed E-state index contributed by atoms with van der Waals surface area (Å²) in [6.07, 6.45) is 0. The highest BCUT2D eigenvalue weighted by Crippen LogP contribution is 2.23. The van der Waals surface area contributed by atoms with E-state index in [0.717, 1.165) is 15.8 Å². The SMILES string of the molecule is O=C(Nc1cccc2ccccc12)NN1C(=O)c2ccccc2C1=O. The van der Waals surface area contributed by atoms with Crippen LogP contribution in [-0.2, 0) is 0 Å². The zero-order valence-electron chi connectivity index (χ0n) is 13.0. The number of hydrogen-bond acceptors (Lipinski definition) is 3. The number of imide groups is 1. The summed E-state index contributed by atoms with van der Waals surface area (Å²) in [5, 5.41) is 5.25. The van der Waals surface area contributed by atoms with Crippen molar-refractivity contribution in [1.29, 1.82) is 0 Å². The molecule has 25 heavy (non-hydrogen) atoms. The molecule has 1 aliphatic heterocycles. The maximum atomic E-state index is 12.3. The number of nitrogens with zero attached hydrogens (tertiary/aromatic N) is 1. The number of carbonyl (C=O) groups is 3. The molecule has 0 saturated carbocycles. The van der Waals surface area contributed by atoms with Crippen molar-refractivity contribution in [3.63, 3.8) is 0 Å². The third-order valence-corrected chi connectivity index (χ3v) is 4.05. The lowest BCUT2D eigenvalue weighted by molar-refractivity contribution is 0.0592. The highest BCUT2D eigenvalue weighted by molar-refractivity contribution is 6.22. The van der Waals surface area contributed by atoms with E-state index >= 15 is 0 Å². The molecule has 1 heterocycles. The molecule has 4 rings (SSSR count). The monoisotopic (exact) mass is 331 g/mol. The number of carbonyl (C=O) groups excluding carboxylic acids is 3. The molecule has 0 radical (unpaired) electrons. The summed E-state index contributed by atoms with van der Waals surface area (Å²) in [4.78, 5) is 36.8. The van der Waals surface area contributed by atoms with Gasteiger partial charge in [0.2, 0.25) is 0 Å². The van der Waals surface area contributed by atoms with Gasteiger partial charge in [0.15, 0.2) is 0 Å². The van der Waals surface area contributed by atoms with Gasteiger partial charge in [-0.15, -0.1) is 0 Å². The van der Waals surface area contributed by atoms with Crippen LogP contribution in [0.3, 0.4) is 0 Å². The van der Waals surface area contributed by atoms with Crippen LogP contribution in [0, 0.1) is 0 Å². The molecule has 0 unspecified atom stereocenters. The smallest absolute Gasteiger partial charge is 0.306 e. The van der Waals surface area contributed by atoms with Crippen molar-refractivity contribution >= 4 is 34.3 Å².